The van der Waals surface area contributed by atoms with Crippen molar-refractivity contribution in [1.29, 1.82) is 5.26 Å². The van der Waals surface area contributed by atoms with Crippen LogP contribution in [0.1, 0.15) is 36.1 Å². The molecule has 0 saturated heterocycles. The number of aliphatic hydroxyl groups is 2. The molecule has 1 aromatic rings. The second kappa shape index (κ2) is 8.00. The van der Waals surface area contributed by atoms with Gasteiger partial charge in [0.05, 0.1) is 30.8 Å². The first kappa shape index (κ1) is 16.6. The normalized spacial score (nSPS) is 13.3. The lowest BCUT2D eigenvalue weighted by Gasteiger charge is -2.20. The molecule has 6 heteroatoms. The van der Waals surface area contributed by atoms with Gasteiger partial charge in [0.25, 0.3) is 0 Å². The van der Waals surface area contributed by atoms with Crippen molar-refractivity contribution in [2.24, 2.45) is 0 Å². The molecule has 0 aromatic heterocycles. The molecule has 108 valence electrons. The van der Waals surface area contributed by atoms with Crippen molar-refractivity contribution < 1.29 is 19.7 Å². The van der Waals surface area contributed by atoms with Crippen molar-refractivity contribution in [3.8, 4) is 6.07 Å². The molecule has 0 radical (unpaired) electrons. The van der Waals surface area contributed by atoms with Crippen molar-refractivity contribution in [3.63, 3.8) is 0 Å². The molecule has 0 saturated carbocycles. The van der Waals surface area contributed by atoms with E-state index < -0.39 is 18.2 Å². The van der Waals surface area contributed by atoms with Crippen LogP contribution >= 0.6 is 15.9 Å². The minimum Gasteiger partial charge on any atom is -0.466 e. The van der Waals surface area contributed by atoms with E-state index in [1.165, 1.54) is 6.07 Å². The van der Waals surface area contributed by atoms with Gasteiger partial charge in [-0.2, -0.15) is 5.26 Å². The number of ether oxygens (including phenoxy) is 1. The highest BCUT2D eigenvalue weighted by molar-refractivity contribution is 9.08. The zero-order valence-corrected chi connectivity index (χ0v) is 12.6. The summed E-state index contributed by atoms with van der Waals surface area (Å²) >= 11 is 3.28. The Morgan fingerprint density at radius 2 is 2.20 bits per heavy atom. The zero-order chi connectivity index (χ0) is 15.1. The summed E-state index contributed by atoms with van der Waals surface area (Å²) < 4.78 is 4.73. The fraction of sp³-hybridized carbons (Fsp3) is 0.429. The van der Waals surface area contributed by atoms with Crippen LogP contribution in [0, 0.1) is 11.3 Å². The molecule has 0 aliphatic carbocycles. The average molecular weight is 342 g/mol. The molecular formula is C14H16BrNO4. The Hall–Kier alpha value is -1.42. The molecule has 0 aliphatic rings. The SMILES string of the molecule is CCOC(=O)CC(O)C(O)c1cc(C#N)ccc1CBr. The second-order valence-electron chi connectivity index (χ2n) is 4.18. The van der Waals surface area contributed by atoms with Crippen LogP contribution in [0.5, 0.6) is 0 Å². The summed E-state index contributed by atoms with van der Waals surface area (Å²) in [5, 5.41) is 29.4. The van der Waals surface area contributed by atoms with E-state index in [0.29, 0.717) is 16.5 Å². The van der Waals surface area contributed by atoms with Crippen LogP contribution in [0.4, 0.5) is 0 Å². The molecule has 2 N–H and O–H groups in total. The van der Waals surface area contributed by atoms with Crippen molar-refractivity contribution >= 4 is 21.9 Å². The van der Waals surface area contributed by atoms with E-state index in [1.807, 2.05) is 6.07 Å². The summed E-state index contributed by atoms with van der Waals surface area (Å²) in [6.45, 7) is 1.89. The lowest BCUT2D eigenvalue weighted by molar-refractivity contribution is -0.147. The summed E-state index contributed by atoms with van der Waals surface area (Å²) in [7, 11) is 0. The topological polar surface area (TPSA) is 90.6 Å². The maximum Gasteiger partial charge on any atom is 0.308 e. The molecule has 0 spiro atoms. The first-order valence-corrected chi connectivity index (χ1v) is 7.26. The largest absolute Gasteiger partial charge is 0.466 e. The maximum absolute atomic E-state index is 11.3. The fourth-order valence-corrected chi connectivity index (χ4v) is 2.28. The lowest BCUT2D eigenvalue weighted by atomic mass is 9.96. The molecule has 1 rings (SSSR count). The van der Waals surface area contributed by atoms with E-state index in [2.05, 4.69) is 15.9 Å². The molecule has 0 bridgehead atoms. The highest BCUT2D eigenvalue weighted by Gasteiger charge is 2.24. The molecular weight excluding hydrogens is 326 g/mol. The van der Waals surface area contributed by atoms with Crippen molar-refractivity contribution in [2.75, 3.05) is 6.61 Å². The molecule has 0 amide bonds. The predicted molar refractivity (Wildman–Crippen MR) is 76.0 cm³/mol. The first-order valence-electron chi connectivity index (χ1n) is 6.14. The maximum atomic E-state index is 11.3. The van der Waals surface area contributed by atoms with Crippen LogP contribution in [0.3, 0.4) is 0 Å². The number of carbonyl (C=O) groups excluding carboxylic acids is 1. The predicted octanol–water partition coefficient (Wildman–Crippen LogP) is 1.80. The van der Waals surface area contributed by atoms with Crippen LogP contribution in [0.25, 0.3) is 0 Å². The molecule has 0 heterocycles. The number of aliphatic hydroxyl groups excluding tert-OH is 2. The van der Waals surface area contributed by atoms with Crippen LogP contribution in [-0.2, 0) is 14.9 Å². The third kappa shape index (κ3) is 4.30. The Morgan fingerprint density at radius 3 is 2.75 bits per heavy atom. The highest BCUT2D eigenvalue weighted by Crippen LogP contribution is 2.26. The third-order valence-electron chi connectivity index (χ3n) is 2.78. The van der Waals surface area contributed by atoms with E-state index in [4.69, 9.17) is 10.00 Å². The van der Waals surface area contributed by atoms with Gasteiger partial charge < -0.3 is 14.9 Å². The molecule has 1 aromatic carbocycles. The van der Waals surface area contributed by atoms with Crippen molar-refractivity contribution in [2.45, 2.75) is 30.9 Å². The van der Waals surface area contributed by atoms with Gasteiger partial charge >= 0.3 is 5.97 Å². The van der Waals surface area contributed by atoms with E-state index >= 15 is 0 Å². The second-order valence-corrected chi connectivity index (χ2v) is 4.74. The van der Waals surface area contributed by atoms with E-state index in [-0.39, 0.29) is 13.0 Å². The van der Waals surface area contributed by atoms with E-state index in [9.17, 15) is 15.0 Å². The molecule has 5 nitrogen and oxygen atoms in total. The number of esters is 1. The fourth-order valence-electron chi connectivity index (χ4n) is 1.77. The smallest absolute Gasteiger partial charge is 0.308 e. The van der Waals surface area contributed by atoms with E-state index in [1.54, 1.807) is 19.1 Å². The Morgan fingerprint density at radius 1 is 1.50 bits per heavy atom. The van der Waals surface area contributed by atoms with E-state index in [0.717, 1.165) is 5.56 Å². The average Bonchev–Trinajstić information content (AvgIpc) is 2.45. The number of hydrogen-bond donors (Lipinski definition) is 2. The minimum atomic E-state index is -1.28. The van der Waals surface area contributed by atoms with Gasteiger partial charge in [0, 0.05) is 5.33 Å². The number of hydrogen-bond acceptors (Lipinski definition) is 5. The summed E-state index contributed by atoms with van der Waals surface area (Å²) in [6, 6.07) is 6.81. The first-order chi connectivity index (χ1) is 9.53. The van der Waals surface area contributed by atoms with Crippen LogP contribution < -0.4 is 0 Å². The summed E-state index contributed by atoms with van der Waals surface area (Å²) in [5.74, 6) is -0.573. The van der Waals surface area contributed by atoms with Gasteiger partial charge in [-0.25, -0.2) is 0 Å². The van der Waals surface area contributed by atoms with Crippen LogP contribution in [-0.4, -0.2) is 28.9 Å². The summed E-state index contributed by atoms with van der Waals surface area (Å²) in [6.07, 6.45) is -2.82. The Balaban J connectivity index is 2.92. The number of carbonyl (C=O) groups is 1. The number of rotatable bonds is 6. The molecule has 2 atom stereocenters. The highest BCUT2D eigenvalue weighted by atomic mass is 79.9. The van der Waals surface area contributed by atoms with Gasteiger partial charge in [0.15, 0.2) is 0 Å². The standard InChI is InChI=1S/C14H16BrNO4/c1-2-20-13(18)6-12(17)14(19)11-5-9(8-16)3-4-10(11)7-15/h3-5,12,14,17,19H,2,6-7H2,1H3. The number of nitriles is 1. The molecule has 20 heavy (non-hydrogen) atoms. The van der Waals surface area contributed by atoms with Gasteiger partial charge in [-0.1, -0.05) is 22.0 Å². The quantitative estimate of drug-likeness (QED) is 0.608. The Labute approximate surface area is 125 Å². The van der Waals surface area contributed by atoms with Crippen molar-refractivity contribution in [1.82, 2.24) is 0 Å². The molecule has 0 aliphatic heterocycles. The van der Waals surface area contributed by atoms with Gasteiger partial charge in [0.2, 0.25) is 0 Å². The monoisotopic (exact) mass is 341 g/mol. The van der Waals surface area contributed by atoms with Gasteiger partial charge in [-0.15, -0.1) is 0 Å². The minimum absolute atomic E-state index is 0.220. The summed E-state index contributed by atoms with van der Waals surface area (Å²) in [5.41, 5.74) is 1.56. The number of benzene rings is 1. The Kier molecular flexibility index (Phi) is 6.65. The number of nitrogens with zero attached hydrogens (tertiary/aromatic N) is 1. The van der Waals surface area contributed by atoms with Crippen LogP contribution in [0.2, 0.25) is 0 Å². The molecule has 0 fully saturated rings. The third-order valence-corrected chi connectivity index (χ3v) is 3.39. The van der Waals surface area contributed by atoms with Crippen molar-refractivity contribution in [3.05, 3.63) is 34.9 Å². The molecule has 2 unspecified atom stereocenters. The van der Waals surface area contributed by atoms with Gasteiger partial charge in [0.1, 0.15) is 6.10 Å². The number of alkyl halides is 1. The van der Waals surface area contributed by atoms with Gasteiger partial charge in [-0.05, 0) is 30.2 Å². The van der Waals surface area contributed by atoms with Gasteiger partial charge in [-0.3, -0.25) is 4.79 Å². The zero-order valence-electron chi connectivity index (χ0n) is 11.0. The number of halogens is 1. The Bertz CT molecular complexity index is 512. The lowest BCUT2D eigenvalue weighted by Crippen LogP contribution is -2.24. The summed E-state index contributed by atoms with van der Waals surface area (Å²) in [4.78, 5) is 11.3. The van der Waals surface area contributed by atoms with Crippen LogP contribution in [0.15, 0.2) is 18.2 Å².